The number of hydrogen-bond donors (Lipinski definition) is 1. The molecule has 0 saturated heterocycles. The number of carbonyl (C=O) groups is 1. The van der Waals surface area contributed by atoms with E-state index in [4.69, 9.17) is 9.47 Å². The van der Waals surface area contributed by atoms with Crippen molar-refractivity contribution < 1.29 is 19.4 Å². The molecule has 21 heavy (non-hydrogen) atoms. The lowest BCUT2D eigenvalue weighted by atomic mass is 9.77. The van der Waals surface area contributed by atoms with E-state index in [2.05, 4.69) is 0 Å². The molecule has 1 aromatic rings. The van der Waals surface area contributed by atoms with E-state index >= 15 is 0 Å². The minimum Gasteiger partial charge on any atom is -0.497 e. The molecule has 4 nitrogen and oxygen atoms in total. The summed E-state index contributed by atoms with van der Waals surface area (Å²) in [4.78, 5) is 11.2. The molecule has 1 saturated carbocycles. The molecule has 0 atom stereocenters. The summed E-state index contributed by atoms with van der Waals surface area (Å²) in [6.07, 6.45) is 6.32. The Labute approximate surface area is 126 Å². The Morgan fingerprint density at radius 2 is 1.95 bits per heavy atom. The van der Waals surface area contributed by atoms with Crippen LogP contribution in [0.1, 0.15) is 44.1 Å². The highest BCUT2D eigenvalue weighted by Gasteiger charge is 2.35. The molecule has 0 heterocycles. The number of aliphatic carboxylic acids is 1. The molecule has 0 aromatic heterocycles. The number of carboxylic acids is 1. The van der Waals surface area contributed by atoms with Crippen molar-refractivity contribution >= 4 is 5.97 Å². The van der Waals surface area contributed by atoms with E-state index in [9.17, 15) is 9.90 Å². The summed E-state index contributed by atoms with van der Waals surface area (Å²) >= 11 is 0. The zero-order valence-corrected chi connectivity index (χ0v) is 12.9. The van der Waals surface area contributed by atoms with Crippen molar-refractivity contribution in [3.8, 4) is 11.5 Å². The number of rotatable bonds is 7. The van der Waals surface area contributed by atoms with E-state index in [0.29, 0.717) is 0 Å². The lowest BCUT2D eigenvalue weighted by Gasteiger charge is -2.27. The van der Waals surface area contributed by atoms with Gasteiger partial charge in [0.15, 0.2) is 0 Å². The van der Waals surface area contributed by atoms with Crippen LogP contribution in [0.5, 0.6) is 11.5 Å². The highest BCUT2D eigenvalue weighted by Crippen LogP contribution is 2.45. The van der Waals surface area contributed by atoms with Crippen LogP contribution in [0.25, 0.3) is 0 Å². The molecule has 1 aliphatic rings. The van der Waals surface area contributed by atoms with E-state index in [-0.39, 0.29) is 11.8 Å². The van der Waals surface area contributed by atoms with Crippen LogP contribution >= 0.6 is 0 Å². The molecular weight excluding hydrogens is 268 g/mol. The first-order chi connectivity index (χ1) is 10.1. The van der Waals surface area contributed by atoms with Crippen molar-refractivity contribution in [1.82, 2.24) is 0 Å². The standard InChI is InChI=1S/C17H24O4/c1-20-14-5-6-15(21-2)13(11-14)7-10-17(12-16(18)19)8-3-4-9-17/h5-6,11H,3-4,7-10,12H2,1-2H3,(H,18,19). The number of hydrogen-bond acceptors (Lipinski definition) is 3. The van der Waals surface area contributed by atoms with Crippen LogP contribution in [0.3, 0.4) is 0 Å². The maximum absolute atomic E-state index is 11.2. The summed E-state index contributed by atoms with van der Waals surface area (Å²) in [5.41, 5.74) is 1.05. The predicted octanol–water partition coefficient (Wildman–Crippen LogP) is 3.67. The van der Waals surface area contributed by atoms with Crippen LogP contribution in [-0.4, -0.2) is 25.3 Å². The Morgan fingerprint density at radius 3 is 2.52 bits per heavy atom. The predicted molar refractivity (Wildman–Crippen MR) is 81.0 cm³/mol. The second-order valence-electron chi connectivity index (χ2n) is 5.96. The zero-order valence-electron chi connectivity index (χ0n) is 12.9. The lowest BCUT2D eigenvalue weighted by molar-refractivity contribution is -0.139. The summed E-state index contributed by atoms with van der Waals surface area (Å²) in [6, 6.07) is 5.78. The first kappa shape index (κ1) is 15.7. The van der Waals surface area contributed by atoms with Crippen LogP contribution < -0.4 is 9.47 Å². The first-order valence-electron chi connectivity index (χ1n) is 7.51. The monoisotopic (exact) mass is 292 g/mol. The molecule has 0 spiro atoms. The smallest absolute Gasteiger partial charge is 0.303 e. The van der Waals surface area contributed by atoms with Gasteiger partial charge in [-0.05, 0) is 54.9 Å². The van der Waals surface area contributed by atoms with E-state index in [1.54, 1.807) is 14.2 Å². The quantitative estimate of drug-likeness (QED) is 0.833. The maximum Gasteiger partial charge on any atom is 0.303 e. The summed E-state index contributed by atoms with van der Waals surface area (Å²) < 4.78 is 10.7. The van der Waals surface area contributed by atoms with Crippen molar-refractivity contribution in [2.45, 2.75) is 44.9 Å². The van der Waals surface area contributed by atoms with Gasteiger partial charge in [-0.1, -0.05) is 12.8 Å². The third kappa shape index (κ3) is 3.90. The number of aryl methyl sites for hydroxylation is 1. The van der Waals surface area contributed by atoms with Crippen LogP contribution in [0.4, 0.5) is 0 Å². The fraction of sp³-hybridized carbons (Fsp3) is 0.588. The first-order valence-corrected chi connectivity index (χ1v) is 7.51. The third-order valence-electron chi connectivity index (χ3n) is 4.60. The van der Waals surface area contributed by atoms with E-state index in [0.717, 1.165) is 55.6 Å². The number of ether oxygens (including phenoxy) is 2. The topological polar surface area (TPSA) is 55.8 Å². The molecule has 2 rings (SSSR count). The van der Waals surface area contributed by atoms with Crippen molar-refractivity contribution in [2.24, 2.45) is 5.41 Å². The largest absolute Gasteiger partial charge is 0.497 e. The average Bonchev–Trinajstić information content (AvgIpc) is 2.92. The highest BCUT2D eigenvalue weighted by molar-refractivity contribution is 5.67. The Kier molecular flexibility index (Phi) is 5.10. The Balaban J connectivity index is 2.11. The zero-order chi connectivity index (χ0) is 15.3. The fourth-order valence-corrected chi connectivity index (χ4v) is 3.44. The molecule has 116 valence electrons. The van der Waals surface area contributed by atoms with E-state index < -0.39 is 5.97 Å². The second-order valence-corrected chi connectivity index (χ2v) is 5.96. The van der Waals surface area contributed by atoms with Crippen molar-refractivity contribution in [3.05, 3.63) is 23.8 Å². The number of carboxylic acid groups (broad SMARTS) is 1. The summed E-state index contributed by atoms with van der Waals surface area (Å²) in [5.74, 6) is 0.971. The van der Waals surface area contributed by atoms with Gasteiger partial charge in [-0.15, -0.1) is 0 Å². The summed E-state index contributed by atoms with van der Waals surface area (Å²) in [5, 5.41) is 9.17. The molecule has 4 heteroatoms. The molecule has 1 fully saturated rings. The molecule has 1 aromatic carbocycles. The van der Waals surface area contributed by atoms with E-state index in [1.165, 1.54) is 0 Å². The van der Waals surface area contributed by atoms with Gasteiger partial charge in [-0.3, -0.25) is 4.79 Å². The molecule has 1 N–H and O–H groups in total. The number of benzene rings is 1. The Morgan fingerprint density at radius 1 is 1.24 bits per heavy atom. The van der Waals surface area contributed by atoms with Crippen molar-refractivity contribution in [2.75, 3.05) is 14.2 Å². The van der Waals surface area contributed by atoms with Crippen LogP contribution in [-0.2, 0) is 11.2 Å². The molecule has 0 amide bonds. The molecule has 1 aliphatic carbocycles. The van der Waals surface area contributed by atoms with Gasteiger partial charge in [0.1, 0.15) is 11.5 Å². The van der Waals surface area contributed by atoms with Gasteiger partial charge in [0, 0.05) is 0 Å². The van der Waals surface area contributed by atoms with E-state index in [1.807, 2.05) is 18.2 Å². The minimum atomic E-state index is -0.686. The number of methoxy groups -OCH3 is 2. The summed E-state index contributed by atoms with van der Waals surface area (Å²) in [7, 11) is 3.31. The van der Waals surface area contributed by atoms with Gasteiger partial charge in [0.2, 0.25) is 0 Å². The molecule has 0 bridgehead atoms. The van der Waals surface area contributed by atoms with Gasteiger partial charge >= 0.3 is 5.97 Å². The normalized spacial score (nSPS) is 16.7. The van der Waals surface area contributed by atoms with Gasteiger partial charge < -0.3 is 14.6 Å². The Bertz CT molecular complexity index is 490. The van der Waals surface area contributed by atoms with Crippen LogP contribution in [0.2, 0.25) is 0 Å². The molecule has 0 aliphatic heterocycles. The molecular formula is C17H24O4. The van der Waals surface area contributed by atoms with Crippen LogP contribution in [0, 0.1) is 5.41 Å². The lowest BCUT2D eigenvalue weighted by Crippen LogP contribution is -2.21. The van der Waals surface area contributed by atoms with Crippen molar-refractivity contribution in [1.29, 1.82) is 0 Å². The SMILES string of the molecule is COc1ccc(OC)c(CCC2(CC(=O)O)CCCC2)c1. The van der Waals surface area contributed by atoms with Gasteiger partial charge in [-0.2, -0.15) is 0 Å². The Hall–Kier alpha value is -1.71. The third-order valence-corrected chi connectivity index (χ3v) is 4.60. The molecule has 0 unspecified atom stereocenters. The van der Waals surface area contributed by atoms with Gasteiger partial charge in [-0.25, -0.2) is 0 Å². The summed E-state index contributed by atoms with van der Waals surface area (Å²) in [6.45, 7) is 0. The maximum atomic E-state index is 11.2. The van der Waals surface area contributed by atoms with Crippen LogP contribution in [0.15, 0.2) is 18.2 Å². The van der Waals surface area contributed by atoms with Gasteiger partial charge in [0.25, 0.3) is 0 Å². The average molecular weight is 292 g/mol. The minimum absolute atomic E-state index is 0.0417. The highest BCUT2D eigenvalue weighted by atomic mass is 16.5. The second kappa shape index (κ2) is 6.83. The van der Waals surface area contributed by atoms with Gasteiger partial charge in [0.05, 0.1) is 20.6 Å². The fourth-order valence-electron chi connectivity index (χ4n) is 3.44. The van der Waals surface area contributed by atoms with Crippen molar-refractivity contribution in [3.63, 3.8) is 0 Å². The molecule has 0 radical (unpaired) electrons.